The highest BCUT2D eigenvalue weighted by Gasteiger charge is 2.33. The number of carbonyl (C=O) groups excluding carboxylic acids is 3. The molecule has 0 saturated carbocycles. The number of aromatic nitrogens is 1. The van der Waals surface area contributed by atoms with Crippen LogP contribution in [0, 0.1) is 19.7 Å². The second-order valence-corrected chi connectivity index (χ2v) is 7.96. The van der Waals surface area contributed by atoms with E-state index in [0.717, 1.165) is 0 Å². The van der Waals surface area contributed by atoms with Gasteiger partial charge in [-0.2, -0.15) is 0 Å². The third-order valence-corrected chi connectivity index (χ3v) is 5.90. The normalized spacial score (nSPS) is 11.8. The number of hydrogen-bond donors (Lipinski definition) is 0. The number of carbonyl (C=O) groups is 3. The number of furan rings is 1. The van der Waals surface area contributed by atoms with Crippen LogP contribution in [0.25, 0.3) is 0 Å². The van der Waals surface area contributed by atoms with E-state index in [2.05, 4.69) is 0 Å². The molecule has 0 saturated heterocycles. The van der Waals surface area contributed by atoms with Gasteiger partial charge in [0, 0.05) is 23.4 Å². The molecule has 0 aliphatic heterocycles. The number of rotatable bonds is 9. The van der Waals surface area contributed by atoms with Gasteiger partial charge in [-0.3, -0.25) is 9.59 Å². The van der Waals surface area contributed by atoms with Crippen molar-refractivity contribution in [3.05, 3.63) is 82.3 Å². The maximum atomic E-state index is 13.8. The molecule has 180 valence electrons. The minimum absolute atomic E-state index is 0.0490. The van der Waals surface area contributed by atoms with Gasteiger partial charge in [-0.05, 0) is 76.6 Å². The largest absolute Gasteiger partial charge is 0.467 e. The average molecular weight is 469 g/mol. The molecule has 7 nitrogen and oxygen atoms in total. The number of benzene rings is 1. The van der Waals surface area contributed by atoms with Crippen LogP contribution in [0.3, 0.4) is 0 Å². The summed E-state index contributed by atoms with van der Waals surface area (Å²) >= 11 is 0. The summed E-state index contributed by atoms with van der Waals surface area (Å²) in [5, 5.41) is 0. The predicted octanol–water partition coefficient (Wildman–Crippen LogP) is 4.95. The Hall–Kier alpha value is -3.68. The van der Waals surface area contributed by atoms with Crippen LogP contribution in [0.4, 0.5) is 4.39 Å². The Balaban J connectivity index is 2.03. The first-order valence-electron chi connectivity index (χ1n) is 11.2. The van der Waals surface area contributed by atoms with E-state index in [1.807, 2.05) is 6.92 Å². The molecule has 0 aliphatic carbocycles. The lowest BCUT2D eigenvalue weighted by atomic mass is 9.99. The number of esters is 1. The van der Waals surface area contributed by atoms with Gasteiger partial charge in [-0.15, -0.1) is 0 Å². The van der Waals surface area contributed by atoms with Crippen LogP contribution in [0.1, 0.15) is 69.0 Å². The Labute approximate surface area is 198 Å². The average Bonchev–Trinajstić information content (AvgIpc) is 3.42. The van der Waals surface area contributed by atoms with Gasteiger partial charge in [0.1, 0.15) is 17.3 Å². The zero-order chi connectivity index (χ0) is 25.0. The highest BCUT2D eigenvalue weighted by molar-refractivity contribution is 6.07. The third kappa shape index (κ3) is 4.81. The van der Waals surface area contributed by atoms with E-state index in [1.165, 1.54) is 35.4 Å². The second kappa shape index (κ2) is 10.5. The Bertz CT molecular complexity index is 1180. The minimum Gasteiger partial charge on any atom is -0.467 e. The molecular formula is C26H29FN2O5. The molecule has 1 aromatic carbocycles. The highest BCUT2D eigenvalue weighted by Crippen LogP contribution is 2.27. The third-order valence-electron chi connectivity index (χ3n) is 5.90. The number of Topliss-reactive ketones (excluding diaryl/α,β-unsaturated/α-hetero) is 1. The maximum absolute atomic E-state index is 13.8. The minimum atomic E-state index is -0.886. The first-order chi connectivity index (χ1) is 16.2. The van der Waals surface area contributed by atoms with E-state index in [4.69, 9.17) is 9.15 Å². The van der Waals surface area contributed by atoms with Gasteiger partial charge in [0.05, 0.1) is 25.5 Å². The molecule has 1 amide bonds. The summed E-state index contributed by atoms with van der Waals surface area (Å²) in [6, 6.07) is 7.69. The van der Waals surface area contributed by atoms with E-state index < -0.39 is 23.7 Å². The summed E-state index contributed by atoms with van der Waals surface area (Å²) in [7, 11) is 0. The summed E-state index contributed by atoms with van der Waals surface area (Å²) in [4.78, 5) is 41.1. The lowest BCUT2D eigenvalue weighted by Gasteiger charge is -2.28. The fourth-order valence-corrected chi connectivity index (χ4v) is 4.18. The summed E-state index contributed by atoms with van der Waals surface area (Å²) in [5.41, 5.74) is 2.11. The molecule has 1 unspecified atom stereocenters. The molecule has 0 radical (unpaired) electrons. The fourth-order valence-electron chi connectivity index (χ4n) is 4.18. The van der Waals surface area contributed by atoms with Crippen molar-refractivity contribution in [2.45, 2.75) is 53.8 Å². The number of amides is 1. The van der Waals surface area contributed by atoms with Crippen molar-refractivity contribution in [2.24, 2.45) is 0 Å². The first kappa shape index (κ1) is 25.0. The van der Waals surface area contributed by atoms with Crippen molar-refractivity contribution in [3.63, 3.8) is 0 Å². The monoisotopic (exact) mass is 468 g/mol. The molecule has 0 N–H and O–H groups in total. The van der Waals surface area contributed by atoms with Gasteiger partial charge in [-0.1, -0.05) is 0 Å². The van der Waals surface area contributed by atoms with Gasteiger partial charge in [0.15, 0.2) is 5.78 Å². The van der Waals surface area contributed by atoms with Crippen molar-refractivity contribution >= 4 is 17.7 Å². The molecule has 0 fully saturated rings. The molecule has 3 aromatic rings. The molecule has 0 bridgehead atoms. The highest BCUT2D eigenvalue weighted by atomic mass is 19.1. The summed E-state index contributed by atoms with van der Waals surface area (Å²) in [5.74, 6) is -1.20. The van der Waals surface area contributed by atoms with Crippen LogP contribution < -0.4 is 0 Å². The molecular weight excluding hydrogens is 439 g/mol. The van der Waals surface area contributed by atoms with Crippen LogP contribution >= 0.6 is 0 Å². The van der Waals surface area contributed by atoms with Crippen LogP contribution in [0.2, 0.25) is 0 Å². The van der Waals surface area contributed by atoms with Crippen molar-refractivity contribution < 1.29 is 27.9 Å². The zero-order valence-electron chi connectivity index (χ0n) is 20.1. The maximum Gasteiger partial charge on any atom is 0.355 e. The summed E-state index contributed by atoms with van der Waals surface area (Å²) in [6.07, 6.45) is 1.49. The van der Waals surface area contributed by atoms with Crippen LogP contribution in [0.5, 0.6) is 0 Å². The number of halogens is 1. The Morgan fingerprint density at radius 3 is 2.35 bits per heavy atom. The van der Waals surface area contributed by atoms with Crippen molar-refractivity contribution in [1.29, 1.82) is 0 Å². The van der Waals surface area contributed by atoms with Gasteiger partial charge in [-0.25, -0.2) is 9.18 Å². The molecule has 3 rings (SSSR count). The van der Waals surface area contributed by atoms with Crippen LogP contribution in [-0.4, -0.2) is 39.8 Å². The molecule has 0 aliphatic rings. The van der Waals surface area contributed by atoms with Crippen molar-refractivity contribution in [1.82, 2.24) is 9.47 Å². The van der Waals surface area contributed by atoms with E-state index in [-0.39, 0.29) is 24.5 Å². The lowest BCUT2D eigenvalue weighted by Crippen LogP contribution is -2.43. The molecule has 2 heterocycles. The van der Waals surface area contributed by atoms with E-state index >= 15 is 0 Å². The van der Waals surface area contributed by atoms with Gasteiger partial charge < -0.3 is 18.6 Å². The lowest BCUT2D eigenvalue weighted by molar-refractivity contribution is 0.0512. The topological polar surface area (TPSA) is 81.8 Å². The van der Waals surface area contributed by atoms with Crippen LogP contribution in [0.15, 0.2) is 47.1 Å². The molecule has 1 atom stereocenters. The van der Waals surface area contributed by atoms with Gasteiger partial charge in [0.25, 0.3) is 5.91 Å². The molecule has 8 heteroatoms. The van der Waals surface area contributed by atoms with Gasteiger partial charge >= 0.3 is 5.97 Å². The summed E-state index contributed by atoms with van der Waals surface area (Å²) < 4.78 is 25.8. The second-order valence-electron chi connectivity index (χ2n) is 7.96. The smallest absolute Gasteiger partial charge is 0.355 e. The molecule has 0 spiro atoms. The van der Waals surface area contributed by atoms with Crippen molar-refractivity contribution in [3.8, 4) is 0 Å². The van der Waals surface area contributed by atoms with E-state index in [0.29, 0.717) is 34.8 Å². The SMILES string of the molecule is CCOC(=O)c1c(C)c(C(=O)C(C)N(Cc2ccco2)C(=O)c2ccc(F)cc2)c(C)n1CC. The fraction of sp³-hybridized carbons (Fsp3) is 0.346. The Kier molecular flexibility index (Phi) is 7.71. The standard InChI is InChI=1S/C26H29FN2O5/c1-6-28-17(4)22(16(3)23(28)26(32)33-7-2)24(30)18(5)29(15-21-9-8-14-34-21)25(31)19-10-12-20(27)13-11-19/h8-14,18H,6-7,15H2,1-5H3. The molecule has 2 aromatic heterocycles. The number of nitrogens with zero attached hydrogens (tertiary/aromatic N) is 2. The number of hydrogen-bond acceptors (Lipinski definition) is 5. The van der Waals surface area contributed by atoms with Gasteiger partial charge in [0.2, 0.25) is 0 Å². The predicted molar refractivity (Wildman–Crippen MR) is 124 cm³/mol. The zero-order valence-corrected chi connectivity index (χ0v) is 20.1. The number of ether oxygens (including phenoxy) is 1. The van der Waals surface area contributed by atoms with Crippen LogP contribution in [-0.2, 0) is 17.8 Å². The molecule has 34 heavy (non-hydrogen) atoms. The van der Waals surface area contributed by atoms with E-state index in [1.54, 1.807) is 44.4 Å². The number of ketones is 1. The Morgan fingerprint density at radius 1 is 1.12 bits per heavy atom. The quantitative estimate of drug-likeness (QED) is 0.328. The van der Waals surface area contributed by atoms with Crippen molar-refractivity contribution in [2.75, 3.05) is 6.61 Å². The Morgan fingerprint density at radius 2 is 1.79 bits per heavy atom. The summed E-state index contributed by atoms with van der Waals surface area (Å²) in [6.45, 7) is 9.48. The van der Waals surface area contributed by atoms with E-state index in [9.17, 15) is 18.8 Å². The first-order valence-corrected chi connectivity index (χ1v) is 11.2.